The summed E-state index contributed by atoms with van der Waals surface area (Å²) >= 11 is 0. The zero-order chi connectivity index (χ0) is 17.2. The Labute approximate surface area is 135 Å². The maximum atomic E-state index is 12.9. The number of halogens is 3. The average molecular weight is 330 g/mol. The van der Waals surface area contributed by atoms with Crippen LogP contribution in [0.3, 0.4) is 0 Å². The molecule has 1 N–H and O–H groups in total. The first-order valence-corrected chi connectivity index (χ1v) is 7.96. The van der Waals surface area contributed by atoms with E-state index in [1.807, 2.05) is 21.1 Å². The minimum Gasteiger partial charge on any atom is -0.507 e. The topological polar surface area (TPSA) is 26.7 Å². The van der Waals surface area contributed by atoms with Crippen molar-refractivity contribution in [1.82, 2.24) is 9.80 Å². The van der Waals surface area contributed by atoms with Gasteiger partial charge in [-0.05, 0) is 40.1 Å². The molecule has 1 aliphatic carbocycles. The molecule has 0 heterocycles. The summed E-state index contributed by atoms with van der Waals surface area (Å²) in [6.45, 7) is 0.310. The van der Waals surface area contributed by atoms with E-state index < -0.39 is 17.5 Å². The normalized spacial score (nSPS) is 22.8. The molecule has 1 saturated carbocycles. The Hall–Kier alpha value is -1.27. The molecular weight excluding hydrogens is 305 g/mol. The van der Waals surface area contributed by atoms with Crippen LogP contribution in [0, 0.1) is 0 Å². The highest BCUT2D eigenvalue weighted by Gasteiger charge is 2.35. The van der Waals surface area contributed by atoms with Crippen molar-refractivity contribution in [3.8, 4) is 5.75 Å². The number of alkyl halides is 3. The van der Waals surface area contributed by atoms with Gasteiger partial charge in [0.05, 0.1) is 5.56 Å². The van der Waals surface area contributed by atoms with Gasteiger partial charge < -0.3 is 10.0 Å². The van der Waals surface area contributed by atoms with E-state index in [2.05, 4.69) is 9.80 Å². The summed E-state index contributed by atoms with van der Waals surface area (Å²) in [6.07, 6.45) is -0.0960. The summed E-state index contributed by atoms with van der Waals surface area (Å²) < 4.78 is 38.7. The summed E-state index contributed by atoms with van der Waals surface area (Å²) in [5.41, 5.74) is -0.637. The van der Waals surface area contributed by atoms with E-state index in [1.54, 1.807) is 6.07 Å². The number of aromatic hydroxyl groups is 1. The third-order valence-corrected chi connectivity index (χ3v) is 4.77. The molecule has 0 spiro atoms. The average Bonchev–Trinajstić information content (AvgIpc) is 2.48. The molecule has 0 amide bonds. The Bertz CT molecular complexity index is 531. The lowest BCUT2D eigenvalue weighted by Gasteiger charge is -2.41. The van der Waals surface area contributed by atoms with Crippen LogP contribution in [0.2, 0.25) is 0 Å². The van der Waals surface area contributed by atoms with Gasteiger partial charge in [-0.1, -0.05) is 25.0 Å². The third kappa shape index (κ3) is 4.18. The van der Waals surface area contributed by atoms with Crippen molar-refractivity contribution in [2.75, 3.05) is 21.1 Å². The van der Waals surface area contributed by atoms with Crippen LogP contribution < -0.4 is 0 Å². The fourth-order valence-electron chi connectivity index (χ4n) is 3.54. The monoisotopic (exact) mass is 330 g/mol. The molecule has 2 rings (SSSR count). The fraction of sp³-hybridized carbons (Fsp3) is 0.647. The van der Waals surface area contributed by atoms with Crippen LogP contribution in [0.15, 0.2) is 18.2 Å². The third-order valence-electron chi connectivity index (χ3n) is 4.77. The van der Waals surface area contributed by atoms with Crippen LogP contribution in [-0.4, -0.2) is 48.1 Å². The maximum Gasteiger partial charge on any atom is 0.419 e. The van der Waals surface area contributed by atoms with Gasteiger partial charge in [-0.25, -0.2) is 0 Å². The molecule has 1 fully saturated rings. The van der Waals surface area contributed by atoms with E-state index in [0.717, 1.165) is 25.3 Å². The summed E-state index contributed by atoms with van der Waals surface area (Å²) in [6, 6.07) is 4.52. The van der Waals surface area contributed by atoms with E-state index >= 15 is 0 Å². The summed E-state index contributed by atoms with van der Waals surface area (Å²) in [5.74, 6) is -0.649. The fourth-order valence-corrected chi connectivity index (χ4v) is 3.54. The van der Waals surface area contributed by atoms with E-state index in [0.29, 0.717) is 18.2 Å². The number of hydrogen-bond acceptors (Lipinski definition) is 3. The molecule has 0 aliphatic heterocycles. The van der Waals surface area contributed by atoms with Crippen molar-refractivity contribution in [3.05, 3.63) is 29.3 Å². The second-order valence-corrected chi connectivity index (χ2v) is 6.61. The van der Waals surface area contributed by atoms with Gasteiger partial charge >= 0.3 is 6.18 Å². The molecule has 130 valence electrons. The number of rotatable bonds is 4. The summed E-state index contributed by atoms with van der Waals surface area (Å²) in [5, 5.41) is 9.99. The van der Waals surface area contributed by atoms with Crippen molar-refractivity contribution in [3.63, 3.8) is 0 Å². The highest BCUT2D eigenvalue weighted by molar-refractivity contribution is 5.42. The van der Waals surface area contributed by atoms with Gasteiger partial charge in [-0.15, -0.1) is 0 Å². The van der Waals surface area contributed by atoms with Crippen LogP contribution in [0.25, 0.3) is 0 Å². The van der Waals surface area contributed by atoms with Crippen molar-refractivity contribution >= 4 is 0 Å². The van der Waals surface area contributed by atoms with Crippen LogP contribution >= 0.6 is 0 Å². The highest BCUT2D eigenvalue weighted by Crippen LogP contribution is 2.38. The first-order valence-electron chi connectivity index (χ1n) is 7.96. The van der Waals surface area contributed by atoms with Crippen molar-refractivity contribution in [1.29, 1.82) is 0 Å². The first-order chi connectivity index (χ1) is 10.7. The zero-order valence-electron chi connectivity index (χ0n) is 13.9. The molecule has 0 unspecified atom stereocenters. The Balaban J connectivity index is 2.18. The molecule has 3 nitrogen and oxygen atoms in total. The van der Waals surface area contributed by atoms with Crippen LogP contribution in [-0.2, 0) is 12.7 Å². The molecule has 0 saturated heterocycles. The molecule has 0 bridgehead atoms. The molecule has 23 heavy (non-hydrogen) atoms. The molecule has 6 heteroatoms. The largest absolute Gasteiger partial charge is 0.507 e. The maximum absolute atomic E-state index is 12.9. The molecule has 0 aromatic heterocycles. The number of likely N-dealkylation sites (N-methyl/N-ethyl adjacent to an activating group) is 2. The number of para-hydroxylation sites is 1. The smallest absolute Gasteiger partial charge is 0.419 e. The molecule has 0 radical (unpaired) electrons. The Morgan fingerprint density at radius 3 is 2.26 bits per heavy atom. The van der Waals surface area contributed by atoms with Gasteiger partial charge in [0.25, 0.3) is 0 Å². The molecule has 1 aromatic carbocycles. The summed E-state index contributed by atoms with van der Waals surface area (Å²) in [7, 11) is 6.00. The molecular formula is C17H25F3N2O. The highest BCUT2D eigenvalue weighted by atomic mass is 19.4. The molecule has 2 atom stereocenters. The zero-order valence-corrected chi connectivity index (χ0v) is 13.9. The van der Waals surface area contributed by atoms with Gasteiger partial charge in [0.15, 0.2) is 0 Å². The quantitative estimate of drug-likeness (QED) is 0.911. The predicted molar refractivity (Wildman–Crippen MR) is 84.3 cm³/mol. The van der Waals surface area contributed by atoms with Gasteiger partial charge in [0, 0.05) is 24.2 Å². The Morgan fingerprint density at radius 1 is 1.09 bits per heavy atom. The molecule has 1 aromatic rings. The lowest BCUT2D eigenvalue weighted by atomic mass is 9.88. The van der Waals surface area contributed by atoms with Crippen molar-refractivity contribution in [2.45, 2.75) is 50.5 Å². The number of benzene rings is 1. The van der Waals surface area contributed by atoms with E-state index in [1.165, 1.54) is 12.5 Å². The van der Waals surface area contributed by atoms with Gasteiger partial charge in [-0.3, -0.25) is 4.90 Å². The van der Waals surface area contributed by atoms with Crippen molar-refractivity contribution < 1.29 is 18.3 Å². The lowest BCUT2D eigenvalue weighted by molar-refractivity contribution is -0.138. The Kier molecular flexibility index (Phi) is 5.57. The molecule has 1 aliphatic rings. The van der Waals surface area contributed by atoms with E-state index in [-0.39, 0.29) is 6.04 Å². The number of nitrogens with zero attached hydrogens (tertiary/aromatic N) is 2. The minimum absolute atomic E-state index is 0.285. The first kappa shape index (κ1) is 18.1. The Morgan fingerprint density at radius 2 is 1.70 bits per heavy atom. The van der Waals surface area contributed by atoms with E-state index in [4.69, 9.17) is 0 Å². The van der Waals surface area contributed by atoms with Gasteiger partial charge in [0.1, 0.15) is 5.75 Å². The van der Waals surface area contributed by atoms with E-state index in [9.17, 15) is 18.3 Å². The van der Waals surface area contributed by atoms with Crippen LogP contribution in [0.5, 0.6) is 5.75 Å². The lowest BCUT2D eigenvalue weighted by Crippen LogP contribution is -2.49. The second-order valence-electron chi connectivity index (χ2n) is 6.61. The predicted octanol–water partition coefficient (Wildman–Crippen LogP) is 3.72. The number of phenolic OH excluding ortho intramolecular Hbond substituents is 1. The number of hydrogen-bond donors (Lipinski definition) is 1. The van der Waals surface area contributed by atoms with Crippen molar-refractivity contribution in [2.24, 2.45) is 0 Å². The SMILES string of the molecule is CN(C)[C@@H]1CCCC[C@H]1N(C)Cc1cccc(C(F)(F)F)c1O. The van der Waals surface area contributed by atoms with Crippen LogP contribution in [0.4, 0.5) is 13.2 Å². The summed E-state index contributed by atoms with van der Waals surface area (Å²) in [4.78, 5) is 4.26. The second kappa shape index (κ2) is 7.09. The minimum atomic E-state index is -4.53. The van der Waals surface area contributed by atoms with Gasteiger partial charge in [0.2, 0.25) is 0 Å². The van der Waals surface area contributed by atoms with Gasteiger partial charge in [-0.2, -0.15) is 13.2 Å². The number of phenols is 1. The standard InChI is InChI=1S/C17H25F3N2O/c1-21(2)14-9-4-5-10-15(14)22(3)11-12-7-6-8-13(16(12)23)17(18,19)20/h6-8,14-15,23H,4-5,9-11H2,1-3H3/t14-,15-/m1/s1. The van der Waals surface area contributed by atoms with Crippen LogP contribution in [0.1, 0.15) is 36.8 Å².